The molecule has 0 fully saturated rings. The van der Waals surface area contributed by atoms with Crippen LogP contribution in [0.2, 0.25) is 5.02 Å². The van der Waals surface area contributed by atoms with Crippen LogP contribution < -0.4 is 14.8 Å². The Bertz CT molecular complexity index is 1050. The third-order valence-corrected chi connectivity index (χ3v) is 5.59. The molecule has 31 heavy (non-hydrogen) atoms. The van der Waals surface area contributed by atoms with Gasteiger partial charge in [0, 0.05) is 12.2 Å². The van der Waals surface area contributed by atoms with Gasteiger partial charge in [-0.1, -0.05) is 23.4 Å². The van der Waals surface area contributed by atoms with E-state index in [1.807, 2.05) is 42.7 Å². The van der Waals surface area contributed by atoms with Crippen LogP contribution in [0.4, 0.5) is 10.1 Å². The summed E-state index contributed by atoms with van der Waals surface area (Å²) < 4.78 is 26.3. The lowest BCUT2D eigenvalue weighted by molar-refractivity contribution is -0.113. The van der Waals surface area contributed by atoms with Gasteiger partial charge >= 0.3 is 0 Å². The average Bonchev–Trinajstić information content (AvgIpc) is 3.18. The van der Waals surface area contributed by atoms with Gasteiger partial charge < -0.3 is 19.4 Å². The van der Waals surface area contributed by atoms with Crippen LogP contribution in [0, 0.1) is 5.82 Å². The SMILES string of the molecule is CCn1c(SCC(=O)Nc2ccc(F)c(Cl)c2)nnc1C(C)Oc1ccc(OC)cc1. The van der Waals surface area contributed by atoms with Crippen molar-refractivity contribution in [2.45, 2.75) is 31.7 Å². The van der Waals surface area contributed by atoms with Crippen LogP contribution in [0.1, 0.15) is 25.8 Å². The quantitative estimate of drug-likeness (QED) is 0.450. The van der Waals surface area contributed by atoms with Crippen molar-refractivity contribution in [3.05, 3.63) is 59.1 Å². The summed E-state index contributed by atoms with van der Waals surface area (Å²) in [5.41, 5.74) is 0.427. The zero-order valence-corrected chi connectivity index (χ0v) is 18.8. The Labute approximate surface area is 188 Å². The molecule has 0 aliphatic heterocycles. The van der Waals surface area contributed by atoms with E-state index in [4.69, 9.17) is 21.1 Å². The lowest BCUT2D eigenvalue weighted by Gasteiger charge is -2.15. The fourth-order valence-electron chi connectivity index (χ4n) is 2.82. The molecule has 164 valence electrons. The van der Waals surface area contributed by atoms with Gasteiger partial charge in [-0.3, -0.25) is 4.79 Å². The van der Waals surface area contributed by atoms with E-state index in [1.165, 1.54) is 30.0 Å². The van der Waals surface area contributed by atoms with E-state index in [9.17, 15) is 9.18 Å². The van der Waals surface area contributed by atoms with E-state index in [2.05, 4.69) is 15.5 Å². The Morgan fingerprint density at radius 2 is 1.94 bits per heavy atom. The highest BCUT2D eigenvalue weighted by molar-refractivity contribution is 7.99. The zero-order chi connectivity index (χ0) is 22.4. The number of carbonyl (C=O) groups is 1. The molecule has 1 heterocycles. The number of hydrogen-bond acceptors (Lipinski definition) is 6. The Hall–Kier alpha value is -2.78. The van der Waals surface area contributed by atoms with Crippen LogP contribution >= 0.6 is 23.4 Å². The Kier molecular flexibility index (Phi) is 7.75. The molecule has 0 spiro atoms. The first kappa shape index (κ1) is 22.9. The highest BCUT2D eigenvalue weighted by Crippen LogP contribution is 2.26. The molecule has 0 bridgehead atoms. The minimum absolute atomic E-state index is 0.0494. The van der Waals surface area contributed by atoms with Gasteiger partial charge in [-0.05, 0) is 56.3 Å². The number of thioether (sulfide) groups is 1. The first-order chi connectivity index (χ1) is 14.9. The van der Waals surface area contributed by atoms with E-state index in [-0.39, 0.29) is 22.8 Å². The number of methoxy groups -OCH3 is 1. The molecule has 0 saturated carbocycles. The summed E-state index contributed by atoms with van der Waals surface area (Å²) >= 11 is 7.00. The Morgan fingerprint density at radius 3 is 2.58 bits per heavy atom. The lowest BCUT2D eigenvalue weighted by Crippen LogP contribution is -2.15. The van der Waals surface area contributed by atoms with Crippen molar-refractivity contribution in [1.82, 2.24) is 14.8 Å². The number of halogens is 2. The maximum absolute atomic E-state index is 13.2. The zero-order valence-electron chi connectivity index (χ0n) is 17.3. The fraction of sp³-hybridized carbons (Fsp3) is 0.286. The number of amides is 1. The number of nitrogens with one attached hydrogen (secondary N) is 1. The molecule has 1 aromatic heterocycles. The van der Waals surface area contributed by atoms with Gasteiger partial charge in [-0.15, -0.1) is 10.2 Å². The van der Waals surface area contributed by atoms with Crippen molar-refractivity contribution in [2.75, 3.05) is 18.2 Å². The van der Waals surface area contributed by atoms with Crippen LogP contribution in [0.3, 0.4) is 0 Å². The summed E-state index contributed by atoms with van der Waals surface area (Å²) in [6.45, 7) is 4.48. The molecule has 10 heteroatoms. The maximum Gasteiger partial charge on any atom is 0.234 e. The van der Waals surface area contributed by atoms with Crippen molar-refractivity contribution in [3.8, 4) is 11.5 Å². The molecular formula is C21H22ClFN4O3S. The van der Waals surface area contributed by atoms with E-state index in [1.54, 1.807) is 7.11 Å². The van der Waals surface area contributed by atoms with Crippen LogP contribution in [0.25, 0.3) is 0 Å². The molecule has 1 atom stereocenters. The van der Waals surface area contributed by atoms with E-state index >= 15 is 0 Å². The minimum Gasteiger partial charge on any atom is -0.497 e. The second kappa shape index (κ2) is 10.5. The van der Waals surface area contributed by atoms with Crippen molar-refractivity contribution >= 4 is 35.0 Å². The van der Waals surface area contributed by atoms with E-state index in [0.717, 1.165) is 5.75 Å². The predicted molar refractivity (Wildman–Crippen MR) is 118 cm³/mol. The van der Waals surface area contributed by atoms with Gasteiger partial charge in [0.15, 0.2) is 17.1 Å². The smallest absolute Gasteiger partial charge is 0.234 e. The molecular weight excluding hydrogens is 443 g/mol. The molecule has 3 aromatic rings. The number of carbonyl (C=O) groups excluding carboxylic acids is 1. The monoisotopic (exact) mass is 464 g/mol. The molecule has 0 saturated heterocycles. The number of ether oxygens (including phenoxy) is 2. The highest BCUT2D eigenvalue weighted by atomic mass is 35.5. The summed E-state index contributed by atoms with van der Waals surface area (Å²) in [5, 5.41) is 11.7. The summed E-state index contributed by atoms with van der Waals surface area (Å²) in [7, 11) is 1.61. The third kappa shape index (κ3) is 5.89. The molecule has 7 nitrogen and oxygen atoms in total. The molecule has 0 radical (unpaired) electrons. The molecule has 1 N–H and O–H groups in total. The van der Waals surface area contributed by atoms with Gasteiger partial charge in [0.05, 0.1) is 17.9 Å². The third-order valence-electron chi connectivity index (χ3n) is 4.33. The average molecular weight is 465 g/mol. The van der Waals surface area contributed by atoms with Crippen LogP contribution in [0.5, 0.6) is 11.5 Å². The van der Waals surface area contributed by atoms with Gasteiger partial charge in [0.25, 0.3) is 0 Å². The standard InChI is InChI=1S/C21H22ClFN4O3S/c1-4-27-20(13(2)30-16-8-6-15(29-3)7-9-16)25-26-21(27)31-12-19(28)24-14-5-10-18(23)17(22)11-14/h5-11,13H,4,12H2,1-3H3,(H,24,28). The minimum atomic E-state index is -0.538. The van der Waals surface area contributed by atoms with Crippen molar-refractivity contribution in [3.63, 3.8) is 0 Å². The molecule has 2 aromatic carbocycles. The van der Waals surface area contributed by atoms with Gasteiger partial charge in [-0.2, -0.15) is 0 Å². The molecule has 1 unspecified atom stereocenters. The molecule has 3 rings (SSSR count). The number of aromatic nitrogens is 3. The maximum atomic E-state index is 13.2. The number of anilines is 1. The van der Waals surface area contributed by atoms with Crippen LogP contribution in [-0.4, -0.2) is 33.5 Å². The fourth-order valence-corrected chi connectivity index (χ4v) is 3.81. The number of hydrogen-bond donors (Lipinski definition) is 1. The van der Waals surface area contributed by atoms with Gasteiger partial charge in [0.1, 0.15) is 17.3 Å². The summed E-state index contributed by atoms with van der Waals surface area (Å²) in [6, 6.07) is 11.3. The number of rotatable bonds is 9. The van der Waals surface area contributed by atoms with E-state index in [0.29, 0.717) is 29.0 Å². The van der Waals surface area contributed by atoms with Crippen molar-refractivity contribution in [1.29, 1.82) is 0 Å². The van der Waals surface area contributed by atoms with Crippen LogP contribution in [-0.2, 0) is 11.3 Å². The number of nitrogens with zero attached hydrogens (tertiary/aromatic N) is 3. The normalized spacial score (nSPS) is 11.8. The summed E-state index contributed by atoms with van der Waals surface area (Å²) in [4.78, 5) is 12.3. The topological polar surface area (TPSA) is 78.3 Å². The second-order valence-electron chi connectivity index (χ2n) is 6.49. The first-order valence-corrected chi connectivity index (χ1v) is 10.9. The van der Waals surface area contributed by atoms with Crippen molar-refractivity contribution < 1.29 is 18.7 Å². The molecule has 0 aliphatic carbocycles. The first-order valence-electron chi connectivity index (χ1n) is 9.52. The van der Waals surface area contributed by atoms with Gasteiger partial charge in [-0.25, -0.2) is 4.39 Å². The van der Waals surface area contributed by atoms with Crippen molar-refractivity contribution in [2.24, 2.45) is 0 Å². The number of benzene rings is 2. The Morgan fingerprint density at radius 1 is 1.23 bits per heavy atom. The highest BCUT2D eigenvalue weighted by Gasteiger charge is 2.19. The van der Waals surface area contributed by atoms with Crippen LogP contribution in [0.15, 0.2) is 47.6 Å². The van der Waals surface area contributed by atoms with E-state index < -0.39 is 5.82 Å². The van der Waals surface area contributed by atoms with Gasteiger partial charge in [0.2, 0.25) is 5.91 Å². The largest absolute Gasteiger partial charge is 0.497 e. The predicted octanol–water partition coefficient (Wildman–Crippen LogP) is 4.97. The molecule has 1 amide bonds. The second-order valence-corrected chi connectivity index (χ2v) is 7.84. The lowest BCUT2D eigenvalue weighted by atomic mass is 10.3. The summed E-state index contributed by atoms with van der Waals surface area (Å²) in [6.07, 6.45) is -0.342. The molecule has 0 aliphatic rings. The Balaban J connectivity index is 1.61. The summed E-state index contributed by atoms with van der Waals surface area (Å²) in [5.74, 6) is 1.40.